The Hall–Kier alpha value is -3.78. The van der Waals surface area contributed by atoms with E-state index >= 15 is 0 Å². The number of carbonyl (C=O) groups excluding carboxylic acids is 1. The van der Waals surface area contributed by atoms with Gasteiger partial charge in [-0.3, -0.25) is 14.6 Å². The second-order valence-corrected chi connectivity index (χ2v) is 8.58. The molecule has 1 N–H and O–H groups in total. The molecule has 32 heavy (non-hydrogen) atoms. The Balaban J connectivity index is 1.41. The van der Waals surface area contributed by atoms with E-state index < -0.39 is 0 Å². The Morgan fingerprint density at radius 2 is 1.84 bits per heavy atom. The molecule has 1 aliphatic rings. The van der Waals surface area contributed by atoms with Crippen LogP contribution < -0.4 is 10.6 Å². The number of hydrogen-bond acceptors (Lipinski definition) is 6. The first-order valence-electron chi connectivity index (χ1n) is 10.3. The number of H-pyrrole nitrogens is 1. The Labute approximate surface area is 188 Å². The molecule has 5 rings (SSSR count). The number of anilines is 1. The SMILES string of the molecule is CN(Cc1nc2ccsc2c(=O)[nH]1)C(=O)C1=NN(c2ccccc2)C(c2ccccc2)C1. The highest BCUT2D eigenvalue weighted by molar-refractivity contribution is 7.17. The second-order valence-electron chi connectivity index (χ2n) is 7.67. The van der Waals surface area contributed by atoms with Gasteiger partial charge in [0.2, 0.25) is 0 Å². The molecule has 3 heterocycles. The van der Waals surface area contributed by atoms with Gasteiger partial charge < -0.3 is 9.88 Å². The lowest BCUT2D eigenvalue weighted by Gasteiger charge is -2.23. The van der Waals surface area contributed by atoms with Gasteiger partial charge in [0.15, 0.2) is 0 Å². The molecule has 2 aromatic carbocycles. The van der Waals surface area contributed by atoms with Gasteiger partial charge in [0.05, 0.1) is 23.8 Å². The van der Waals surface area contributed by atoms with Crippen LogP contribution >= 0.6 is 11.3 Å². The number of aromatic nitrogens is 2. The van der Waals surface area contributed by atoms with Crippen molar-refractivity contribution in [3.8, 4) is 0 Å². The van der Waals surface area contributed by atoms with E-state index in [-0.39, 0.29) is 24.1 Å². The molecule has 2 aromatic heterocycles. The average molecular weight is 444 g/mol. The third-order valence-electron chi connectivity index (χ3n) is 5.46. The van der Waals surface area contributed by atoms with Crippen LogP contribution in [0.25, 0.3) is 10.2 Å². The molecule has 0 spiro atoms. The van der Waals surface area contributed by atoms with Crippen molar-refractivity contribution in [2.45, 2.75) is 19.0 Å². The smallest absolute Gasteiger partial charge is 0.270 e. The van der Waals surface area contributed by atoms with Crippen LogP contribution in [-0.4, -0.2) is 33.5 Å². The van der Waals surface area contributed by atoms with Crippen LogP contribution in [-0.2, 0) is 11.3 Å². The van der Waals surface area contributed by atoms with Crippen molar-refractivity contribution in [1.82, 2.24) is 14.9 Å². The van der Waals surface area contributed by atoms with Gasteiger partial charge in [-0.2, -0.15) is 5.10 Å². The zero-order valence-electron chi connectivity index (χ0n) is 17.4. The molecule has 0 radical (unpaired) electrons. The molecule has 0 aliphatic carbocycles. The van der Waals surface area contributed by atoms with Crippen molar-refractivity contribution in [2.24, 2.45) is 5.10 Å². The van der Waals surface area contributed by atoms with Crippen molar-refractivity contribution >= 4 is 38.9 Å². The first kappa shape index (κ1) is 20.1. The number of benzene rings is 2. The predicted molar refractivity (Wildman–Crippen MR) is 127 cm³/mol. The summed E-state index contributed by atoms with van der Waals surface area (Å²) in [6, 6.07) is 21.7. The Morgan fingerprint density at radius 3 is 2.59 bits per heavy atom. The number of aromatic amines is 1. The summed E-state index contributed by atoms with van der Waals surface area (Å²) in [5, 5.41) is 8.45. The molecule has 4 aromatic rings. The largest absolute Gasteiger partial charge is 0.333 e. The molecule has 1 atom stereocenters. The van der Waals surface area contributed by atoms with E-state index in [0.717, 1.165) is 11.3 Å². The van der Waals surface area contributed by atoms with E-state index in [2.05, 4.69) is 22.1 Å². The number of hydrazone groups is 1. The number of amides is 1. The third-order valence-corrected chi connectivity index (χ3v) is 6.36. The van der Waals surface area contributed by atoms with Crippen molar-refractivity contribution in [1.29, 1.82) is 0 Å². The normalized spacial score (nSPS) is 15.7. The summed E-state index contributed by atoms with van der Waals surface area (Å²) in [4.78, 5) is 34.3. The maximum atomic E-state index is 13.3. The minimum atomic E-state index is -0.183. The van der Waals surface area contributed by atoms with Gasteiger partial charge in [0.25, 0.3) is 11.5 Å². The molecule has 0 bridgehead atoms. The highest BCUT2D eigenvalue weighted by Crippen LogP contribution is 2.35. The number of para-hydroxylation sites is 1. The summed E-state index contributed by atoms with van der Waals surface area (Å²) in [7, 11) is 1.70. The maximum Gasteiger partial charge on any atom is 0.270 e. The molecule has 8 heteroatoms. The van der Waals surface area contributed by atoms with E-state index in [9.17, 15) is 9.59 Å². The topological polar surface area (TPSA) is 81.7 Å². The highest BCUT2D eigenvalue weighted by atomic mass is 32.1. The van der Waals surface area contributed by atoms with Gasteiger partial charge in [-0.15, -0.1) is 11.3 Å². The van der Waals surface area contributed by atoms with E-state index in [0.29, 0.717) is 28.2 Å². The van der Waals surface area contributed by atoms with Crippen LogP contribution in [0, 0.1) is 0 Å². The zero-order chi connectivity index (χ0) is 22.1. The molecule has 0 saturated carbocycles. The van der Waals surface area contributed by atoms with E-state index in [1.807, 2.05) is 65.0 Å². The summed E-state index contributed by atoms with van der Waals surface area (Å²) < 4.78 is 0.590. The second kappa shape index (κ2) is 8.39. The predicted octanol–water partition coefficient (Wildman–Crippen LogP) is 3.95. The number of fused-ring (bicyclic) bond motifs is 1. The lowest BCUT2D eigenvalue weighted by atomic mass is 10.0. The van der Waals surface area contributed by atoms with Gasteiger partial charge in [-0.1, -0.05) is 48.5 Å². The quantitative estimate of drug-likeness (QED) is 0.506. The van der Waals surface area contributed by atoms with Crippen molar-refractivity contribution in [3.63, 3.8) is 0 Å². The van der Waals surface area contributed by atoms with Gasteiger partial charge in [-0.05, 0) is 29.1 Å². The summed E-state index contributed by atoms with van der Waals surface area (Å²) in [5.74, 6) is 0.271. The minimum absolute atomic E-state index is 0.0639. The summed E-state index contributed by atoms with van der Waals surface area (Å²) >= 11 is 1.35. The number of carbonyl (C=O) groups is 1. The number of nitrogens with zero attached hydrogens (tertiary/aromatic N) is 4. The van der Waals surface area contributed by atoms with Crippen molar-refractivity contribution in [3.05, 3.63) is 93.9 Å². The summed E-state index contributed by atoms with van der Waals surface area (Å²) in [5.41, 5.74) is 2.97. The number of thiophene rings is 1. The molecule has 7 nitrogen and oxygen atoms in total. The van der Waals surface area contributed by atoms with Gasteiger partial charge in [0, 0.05) is 13.5 Å². The van der Waals surface area contributed by atoms with E-state index in [4.69, 9.17) is 5.10 Å². The van der Waals surface area contributed by atoms with Crippen molar-refractivity contribution in [2.75, 3.05) is 12.1 Å². The fourth-order valence-electron chi connectivity index (χ4n) is 3.91. The van der Waals surface area contributed by atoms with Crippen molar-refractivity contribution < 1.29 is 4.79 Å². The molecule has 1 unspecified atom stereocenters. The molecule has 1 aliphatic heterocycles. The number of rotatable bonds is 5. The average Bonchev–Trinajstić information content (AvgIpc) is 3.47. The molecule has 1 amide bonds. The molecule has 0 fully saturated rings. The zero-order valence-corrected chi connectivity index (χ0v) is 18.2. The molecule has 160 valence electrons. The lowest BCUT2D eigenvalue weighted by molar-refractivity contribution is -0.123. The van der Waals surface area contributed by atoms with Gasteiger partial charge in [-0.25, -0.2) is 4.98 Å². The van der Waals surface area contributed by atoms with Crippen LogP contribution in [0.1, 0.15) is 23.9 Å². The summed E-state index contributed by atoms with van der Waals surface area (Å²) in [6.07, 6.45) is 0.496. The van der Waals surface area contributed by atoms with E-state index in [1.165, 1.54) is 11.3 Å². The summed E-state index contributed by atoms with van der Waals surface area (Å²) in [6.45, 7) is 0.195. The molecule has 0 saturated heterocycles. The standard InChI is InChI=1S/C24H21N5O2S/c1-28(15-21-25-18-12-13-32-22(18)23(30)26-21)24(31)19-14-20(16-8-4-2-5-9-16)29(27-19)17-10-6-3-7-11-17/h2-13,20H,14-15H2,1H3,(H,25,26,30). The van der Waals surface area contributed by atoms with Crippen LogP contribution in [0.15, 0.2) is 82.0 Å². The molecular weight excluding hydrogens is 422 g/mol. The monoisotopic (exact) mass is 443 g/mol. The van der Waals surface area contributed by atoms with E-state index in [1.54, 1.807) is 11.9 Å². The first-order chi connectivity index (χ1) is 15.6. The first-order valence-corrected chi connectivity index (χ1v) is 11.2. The fourth-order valence-corrected chi connectivity index (χ4v) is 4.63. The Kier molecular flexibility index (Phi) is 5.28. The lowest BCUT2D eigenvalue weighted by Crippen LogP contribution is -2.33. The van der Waals surface area contributed by atoms with Crippen LogP contribution in [0.2, 0.25) is 0 Å². The number of hydrogen-bond donors (Lipinski definition) is 1. The van der Waals surface area contributed by atoms with Crippen LogP contribution in [0.5, 0.6) is 0 Å². The van der Waals surface area contributed by atoms with Crippen LogP contribution in [0.3, 0.4) is 0 Å². The number of nitrogens with one attached hydrogen (secondary N) is 1. The highest BCUT2D eigenvalue weighted by Gasteiger charge is 2.33. The van der Waals surface area contributed by atoms with Crippen LogP contribution in [0.4, 0.5) is 5.69 Å². The third kappa shape index (κ3) is 3.80. The Morgan fingerprint density at radius 1 is 1.12 bits per heavy atom. The van der Waals surface area contributed by atoms with Gasteiger partial charge in [0.1, 0.15) is 16.2 Å². The van der Waals surface area contributed by atoms with Gasteiger partial charge >= 0.3 is 0 Å². The maximum absolute atomic E-state index is 13.3. The fraction of sp³-hybridized carbons (Fsp3) is 0.167. The molecular formula is C24H21N5O2S. The Bertz CT molecular complexity index is 1350. The minimum Gasteiger partial charge on any atom is -0.333 e.